The Balaban J connectivity index is 2.24. The summed E-state index contributed by atoms with van der Waals surface area (Å²) in [5.41, 5.74) is 0. The van der Waals surface area contributed by atoms with E-state index in [0.29, 0.717) is 0 Å². The molecule has 4 heteroatoms. The topological polar surface area (TPSA) is 47.6 Å². The minimum Gasteiger partial charge on any atom is -0.453 e. The van der Waals surface area contributed by atoms with Crippen molar-refractivity contribution in [1.29, 1.82) is 0 Å². The Morgan fingerprint density at radius 2 is 2.33 bits per heavy atom. The molecule has 1 rings (SSSR count). The largest absolute Gasteiger partial charge is 0.453 e. The molecule has 1 aliphatic rings. The van der Waals surface area contributed by atoms with Crippen LogP contribution in [-0.2, 0) is 9.47 Å². The Labute approximate surface area is 72.2 Å². The third-order valence-electron chi connectivity index (χ3n) is 1.96. The Kier molecular flexibility index (Phi) is 3.87. The van der Waals surface area contributed by atoms with E-state index >= 15 is 0 Å². The standard InChI is InChI=1S/C8H15NO3/c1-11-8(10)9-7-3-2-5-12-6-4-7/h7H,2-6H2,1H3,(H,9,10). The maximum Gasteiger partial charge on any atom is 0.407 e. The average molecular weight is 173 g/mol. The Morgan fingerprint density at radius 3 is 3.08 bits per heavy atom. The highest BCUT2D eigenvalue weighted by atomic mass is 16.5. The number of hydrogen-bond donors (Lipinski definition) is 1. The molecule has 12 heavy (non-hydrogen) atoms. The third-order valence-corrected chi connectivity index (χ3v) is 1.96. The molecular weight excluding hydrogens is 158 g/mol. The third kappa shape index (κ3) is 3.09. The van der Waals surface area contributed by atoms with Crippen LogP contribution < -0.4 is 5.32 Å². The molecular formula is C8H15NO3. The minimum atomic E-state index is -0.345. The molecule has 1 aliphatic heterocycles. The van der Waals surface area contributed by atoms with E-state index < -0.39 is 0 Å². The summed E-state index contributed by atoms with van der Waals surface area (Å²) in [5.74, 6) is 0. The molecule has 0 spiro atoms. The van der Waals surface area contributed by atoms with Crippen LogP contribution in [0, 0.1) is 0 Å². The van der Waals surface area contributed by atoms with Crippen molar-refractivity contribution in [2.24, 2.45) is 0 Å². The van der Waals surface area contributed by atoms with Gasteiger partial charge in [-0.2, -0.15) is 0 Å². The number of carbonyl (C=O) groups is 1. The molecule has 1 N–H and O–H groups in total. The fraction of sp³-hybridized carbons (Fsp3) is 0.875. The van der Waals surface area contributed by atoms with Gasteiger partial charge in [0.15, 0.2) is 0 Å². The normalized spacial score (nSPS) is 24.2. The van der Waals surface area contributed by atoms with Gasteiger partial charge in [0, 0.05) is 19.3 Å². The summed E-state index contributed by atoms with van der Waals surface area (Å²) >= 11 is 0. The Hall–Kier alpha value is -0.770. The van der Waals surface area contributed by atoms with Crippen LogP contribution in [0.25, 0.3) is 0 Å². The molecule has 0 aromatic heterocycles. The van der Waals surface area contributed by atoms with E-state index in [-0.39, 0.29) is 12.1 Å². The van der Waals surface area contributed by atoms with E-state index in [4.69, 9.17) is 4.74 Å². The van der Waals surface area contributed by atoms with E-state index in [2.05, 4.69) is 10.1 Å². The first kappa shape index (κ1) is 9.32. The molecule has 0 bridgehead atoms. The summed E-state index contributed by atoms with van der Waals surface area (Å²) in [7, 11) is 1.38. The first-order chi connectivity index (χ1) is 5.83. The highest BCUT2D eigenvalue weighted by Gasteiger charge is 2.14. The molecule has 0 aliphatic carbocycles. The van der Waals surface area contributed by atoms with Gasteiger partial charge in [-0.25, -0.2) is 4.79 Å². The van der Waals surface area contributed by atoms with Crippen LogP contribution in [0.3, 0.4) is 0 Å². The van der Waals surface area contributed by atoms with Crippen LogP contribution in [0.2, 0.25) is 0 Å². The van der Waals surface area contributed by atoms with Crippen LogP contribution in [0.5, 0.6) is 0 Å². The van der Waals surface area contributed by atoms with Crippen molar-refractivity contribution in [3.63, 3.8) is 0 Å². The van der Waals surface area contributed by atoms with Crippen LogP contribution in [0.1, 0.15) is 19.3 Å². The van der Waals surface area contributed by atoms with Crippen molar-refractivity contribution < 1.29 is 14.3 Å². The monoisotopic (exact) mass is 173 g/mol. The first-order valence-corrected chi connectivity index (χ1v) is 4.25. The second kappa shape index (κ2) is 4.98. The van der Waals surface area contributed by atoms with Crippen molar-refractivity contribution in [1.82, 2.24) is 5.32 Å². The van der Waals surface area contributed by atoms with E-state index in [1.54, 1.807) is 0 Å². The van der Waals surface area contributed by atoms with Crippen molar-refractivity contribution >= 4 is 6.09 Å². The molecule has 1 saturated heterocycles. The summed E-state index contributed by atoms with van der Waals surface area (Å²) in [6.07, 6.45) is 2.53. The zero-order valence-electron chi connectivity index (χ0n) is 7.34. The van der Waals surface area contributed by atoms with Gasteiger partial charge in [0.1, 0.15) is 0 Å². The van der Waals surface area contributed by atoms with Crippen LogP contribution >= 0.6 is 0 Å². The number of amides is 1. The molecule has 1 unspecified atom stereocenters. The number of methoxy groups -OCH3 is 1. The quantitative estimate of drug-likeness (QED) is 0.641. The minimum absolute atomic E-state index is 0.222. The second-order valence-corrected chi connectivity index (χ2v) is 2.88. The van der Waals surface area contributed by atoms with E-state index in [1.165, 1.54) is 7.11 Å². The maximum atomic E-state index is 10.8. The Bertz CT molecular complexity index is 141. The summed E-state index contributed by atoms with van der Waals surface area (Å²) < 4.78 is 9.75. The van der Waals surface area contributed by atoms with E-state index in [9.17, 15) is 4.79 Å². The van der Waals surface area contributed by atoms with Crippen LogP contribution in [0.15, 0.2) is 0 Å². The van der Waals surface area contributed by atoms with Crippen molar-refractivity contribution in [3.05, 3.63) is 0 Å². The molecule has 1 heterocycles. The molecule has 0 aromatic rings. The number of alkyl carbamates (subject to hydrolysis) is 1. The van der Waals surface area contributed by atoms with Crippen molar-refractivity contribution in [2.75, 3.05) is 20.3 Å². The number of rotatable bonds is 1. The van der Waals surface area contributed by atoms with Crippen molar-refractivity contribution in [3.8, 4) is 0 Å². The lowest BCUT2D eigenvalue weighted by atomic mass is 10.1. The maximum absolute atomic E-state index is 10.8. The molecule has 0 radical (unpaired) electrons. The van der Waals surface area contributed by atoms with Gasteiger partial charge in [-0.3, -0.25) is 0 Å². The lowest BCUT2D eigenvalue weighted by Crippen LogP contribution is -2.34. The molecule has 1 atom stereocenters. The molecule has 70 valence electrons. The van der Waals surface area contributed by atoms with Gasteiger partial charge >= 0.3 is 6.09 Å². The molecule has 0 aromatic carbocycles. The second-order valence-electron chi connectivity index (χ2n) is 2.88. The van der Waals surface area contributed by atoms with Crippen LogP contribution in [-0.4, -0.2) is 32.5 Å². The zero-order valence-corrected chi connectivity index (χ0v) is 7.34. The molecule has 1 amide bonds. The van der Waals surface area contributed by atoms with Gasteiger partial charge in [0.25, 0.3) is 0 Å². The van der Waals surface area contributed by atoms with Gasteiger partial charge in [-0.05, 0) is 19.3 Å². The predicted molar refractivity (Wildman–Crippen MR) is 44.0 cm³/mol. The Morgan fingerprint density at radius 1 is 1.50 bits per heavy atom. The molecule has 0 saturated carbocycles. The van der Waals surface area contributed by atoms with Crippen LogP contribution in [0.4, 0.5) is 4.79 Å². The number of hydrogen-bond acceptors (Lipinski definition) is 3. The number of ether oxygens (including phenoxy) is 2. The highest BCUT2D eigenvalue weighted by Crippen LogP contribution is 2.07. The number of carbonyl (C=O) groups excluding carboxylic acids is 1. The van der Waals surface area contributed by atoms with E-state index in [1.807, 2.05) is 0 Å². The average Bonchev–Trinajstić information content (AvgIpc) is 2.33. The summed E-state index contributed by atoms with van der Waals surface area (Å²) in [6.45, 7) is 1.54. The fourth-order valence-electron chi connectivity index (χ4n) is 1.27. The summed E-state index contributed by atoms with van der Waals surface area (Å²) in [5, 5.41) is 2.77. The smallest absolute Gasteiger partial charge is 0.407 e. The van der Waals surface area contributed by atoms with Crippen molar-refractivity contribution in [2.45, 2.75) is 25.3 Å². The molecule has 4 nitrogen and oxygen atoms in total. The molecule has 1 fully saturated rings. The SMILES string of the molecule is COC(=O)NC1CCCOCC1. The summed E-state index contributed by atoms with van der Waals surface area (Å²) in [6, 6.07) is 0.222. The van der Waals surface area contributed by atoms with Gasteiger partial charge in [0.05, 0.1) is 7.11 Å². The first-order valence-electron chi connectivity index (χ1n) is 4.25. The van der Waals surface area contributed by atoms with E-state index in [0.717, 1.165) is 32.5 Å². The predicted octanol–water partition coefficient (Wildman–Crippen LogP) is 0.911. The summed E-state index contributed by atoms with van der Waals surface area (Å²) in [4.78, 5) is 10.8. The van der Waals surface area contributed by atoms with Gasteiger partial charge < -0.3 is 14.8 Å². The van der Waals surface area contributed by atoms with Gasteiger partial charge in [-0.15, -0.1) is 0 Å². The van der Waals surface area contributed by atoms with Gasteiger partial charge in [-0.1, -0.05) is 0 Å². The fourth-order valence-corrected chi connectivity index (χ4v) is 1.27. The zero-order chi connectivity index (χ0) is 8.81. The van der Waals surface area contributed by atoms with Gasteiger partial charge in [0.2, 0.25) is 0 Å². The lowest BCUT2D eigenvalue weighted by Gasteiger charge is -2.13. The highest BCUT2D eigenvalue weighted by molar-refractivity contribution is 5.67. The number of nitrogens with one attached hydrogen (secondary N) is 1. The lowest BCUT2D eigenvalue weighted by molar-refractivity contribution is 0.140.